The molecular weight excluding hydrogens is 294 g/mol. The summed E-state index contributed by atoms with van der Waals surface area (Å²) < 4.78 is 10.7. The van der Waals surface area contributed by atoms with Gasteiger partial charge in [0.2, 0.25) is 5.88 Å². The number of methoxy groups -OCH3 is 1. The fourth-order valence-electron chi connectivity index (χ4n) is 3.32. The van der Waals surface area contributed by atoms with Gasteiger partial charge >= 0.3 is 0 Å². The van der Waals surface area contributed by atoms with Crippen LogP contribution in [0.4, 0.5) is 11.8 Å². The first kappa shape index (κ1) is 14.3. The van der Waals surface area contributed by atoms with Gasteiger partial charge in [-0.05, 0) is 25.7 Å². The number of nitrogens with zero attached hydrogens (tertiary/aromatic N) is 5. The van der Waals surface area contributed by atoms with Crippen molar-refractivity contribution in [2.75, 3.05) is 30.0 Å². The minimum absolute atomic E-state index is 0.494. The van der Waals surface area contributed by atoms with Crippen molar-refractivity contribution in [2.45, 2.75) is 37.8 Å². The molecule has 0 amide bonds. The zero-order valence-electron chi connectivity index (χ0n) is 13.3. The van der Waals surface area contributed by atoms with E-state index in [1.54, 1.807) is 25.9 Å². The normalized spacial score (nSPS) is 18.9. The summed E-state index contributed by atoms with van der Waals surface area (Å²) in [7, 11) is 1.64. The molecule has 2 aromatic rings. The Morgan fingerprint density at radius 3 is 2.57 bits per heavy atom. The van der Waals surface area contributed by atoms with Crippen LogP contribution in [0.25, 0.3) is 0 Å². The summed E-state index contributed by atoms with van der Waals surface area (Å²) in [6.07, 6.45) is 9.55. The summed E-state index contributed by atoms with van der Waals surface area (Å²) in [4.78, 5) is 17.5. The molecule has 0 atom stereocenters. The number of hydrogen-bond donors (Lipinski definition) is 0. The average Bonchev–Trinajstić information content (AvgIpc) is 3.28. The number of anilines is 2. The van der Waals surface area contributed by atoms with E-state index in [1.165, 1.54) is 12.8 Å². The SMILES string of the molecule is COc1cc(N(C2CC2)C2CCN(c3ncco3)CC2)ncn1. The van der Waals surface area contributed by atoms with Gasteiger partial charge in [-0.2, -0.15) is 0 Å². The van der Waals surface area contributed by atoms with Crippen molar-refractivity contribution in [2.24, 2.45) is 0 Å². The molecule has 1 aliphatic carbocycles. The minimum Gasteiger partial charge on any atom is -0.481 e. The van der Waals surface area contributed by atoms with E-state index in [2.05, 4.69) is 24.8 Å². The van der Waals surface area contributed by atoms with E-state index in [-0.39, 0.29) is 0 Å². The minimum atomic E-state index is 0.494. The van der Waals surface area contributed by atoms with Crippen molar-refractivity contribution in [3.05, 3.63) is 24.9 Å². The van der Waals surface area contributed by atoms with Crippen LogP contribution in [0.15, 0.2) is 29.3 Å². The van der Waals surface area contributed by atoms with E-state index in [4.69, 9.17) is 9.15 Å². The molecule has 3 heterocycles. The van der Waals surface area contributed by atoms with Crippen molar-refractivity contribution in [3.63, 3.8) is 0 Å². The summed E-state index contributed by atoms with van der Waals surface area (Å²) in [5, 5.41) is 0. The molecule has 23 heavy (non-hydrogen) atoms. The van der Waals surface area contributed by atoms with Crippen LogP contribution in [-0.4, -0.2) is 47.2 Å². The van der Waals surface area contributed by atoms with E-state index >= 15 is 0 Å². The molecule has 2 fully saturated rings. The van der Waals surface area contributed by atoms with Crippen LogP contribution in [0, 0.1) is 0 Å². The maximum absolute atomic E-state index is 5.41. The van der Waals surface area contributed by atoms with Gasteiger partial charge in [-0.15, -0.1) is 0 Å². The third kappa shape index (κ3) is 2.95. The lowest BCUT2D eigenvalue weighted by Crippen LogP contribution is -2.46. The van der Waals surface area contributed by atoms with Crippen molar-refractivity contribution in [1.82, 2.24) is 15.0 Å². The Bertz CT molecular complexity index is 636. The summed E-state index contributed by atoms with van der Waals surface area (Å²) >= 11 is 0. The highest BCUT2D eigenvalue weighted by Gasteiger charge is 2.37. The van der Waals surface area contributed by atoms with E-state index in [1.807, 2.05) is 6.07 Å². The predicted octanol–water partition coefficient (Wildman–Crippen LogP) is 2.11. The molecule has 0 bridgehead atoms. The largest absolute Gasteiger partial charge is 0.481 e. The first-order valence-corrected chi connectivity index (χ1v) is 8.14. The van der Waals surface area contributed by atoms with Gasteiger partial charge in [0.25, 0.3) is 6.01 Å². The van der Waals surface area contributed by atoms with Gasteiger partial charge in [-0.3, -0.25) is 0 Å². The van der Waals surface area contributed by atoms with E-state index in [0.29, 0.717) is 18.0 Å². The molecule has 7 heteroatoms. The number of piperidine rings is 1. The maximum Gasteiger partial charge on any atom is 0.297 e. The van der Waals surface area contributed by atoms with Gasteiger partial charge in [0.1, 0.15) is 18.4 Å². The molecular formula is C16H21N5O2. The summed E-state index contributed by atoms with van der Waals surface area (Å²) in [6.45, 7) is 1.91. The molecule has 2 aliphatic rings. The molecule has 1 saturated heterocycles. The summed E-state index contributed by atoms with van der Waals surface area (Å²) in [6, 6.07) is 3.77. The van der Waals surface area contributed by atoms with Gasteiger partial charge in [-0.1, -0.05) is 0 Å². The van der Waals surface area contributed by atoms with Gasteiger partial charge in [-0.25, -0.2) is 15.0 Å². The van der Waals surface area contributed by atoms with Crippen LogP contribution in [0.3, 0.4) is 0 Å². The Kier molecular flexibility index (Phi) is 3.77. The fraction of sp³-hybridized carbons (Fsp3) is 0.562. The van der Waals surface area contributed by atoms with Crippen LogP contribution in [0.5, 0.6) is 5.88 Å². The van der Waals surface area contributed by atoms with Crippen molar-refractivity contribution < 1.29 is 9.15 Å². The molecule has 1 saturated carbocycles. The quantitative estimate of drug-likeness (QED) is 0.837. The molecule has 0 aromatic carbocycles. The summed E-state index contributed by atoms with van der Waals surface area (Å²) in [5.74, 6) is 1.60. The smallest absolute Gasteiger partial charge is 0.297 e. The van der Waals surface area contributed by atoms with Crippen molar-refractivity contribution >= 4 is 11.8 Å². The number of hydrogen-bond acceptors (Lipinski definition) is 7. The Morgan fingerprint density at radius 2 is 1.91 bits per heavy atom. The number of aromatic nitrogens is 3. The van der Waals surface area contributed by atoms with Crippen LogP contribution < -0.4 is 14.5 Å². The second kappa shape index (κ2) is 6.06. The van der Waals surface area contributed by atoms with Crippen molar-refractivity contribution in [1.29, 1.82) is 0 Å². The second-order valence-electron chi connectivity index (χ2n) is 6.09. The second-order valence-corrected chi connectivity index (χ2v) is 6.09. The van der Waals surface area contributed by atoms with Crippen LogP contribution in [0.1, 0.15) is 25.7 Å². The molecule has 4 rings (SSSR count). The molecule has 7 nitrogen and oxygen atoms in total. The van der Waals surface area contributed by atoms with Crippen LogP contribution in [-0.2, 0) is 0 Å². The monoisotopic (exact) mass is 315 g/mol. The standard InChI is InChI=1S/C16H21N5O2/c1-22-15-10-14(18-11-19-15)21(12-2-3-12)13-4-7-20(8-5-13)16-17-6-9-23-16/h6,9-13H,2-5,7-8H2,1H3. The molecule has 122 valence electrons. The third-order valence-electron chi connectivity index (χ3n) is 4.59. The number of oxazole rings is 1. The Hall–Kier alpha value is -2.31. The summed E-state index contributed by atoms with van der Waals surface area (Å²) in [5.41, 5.74) is 0. The number of rotatable bonds is 5. The molecule has 0 radical (unpaired) electrons. The lowest BCUT2D eigenvalue weighted by atomic mass is 10.0. The Balaban J connectivity index is 1.48. The van der Waals surface area contributed by atoms with E-state index in [0.717, 1.165) is 37.8 Å². The highest BCUT2D eigenvalue weighted by Crippen LogP contribution is 2.36. The fourth-order valence-corrected chi connectivity index (χ4v) is 3.32. The topological polar surface area (TPSA) is 67.5 Å². The molecule has 0 unspecified atom stereocenters. The van der Waals surface area contributed by atoms with Gasteiger partial charge < -0.3 is 19.0 Å². The van der Waals surface area contributed by atoms with Crippen LogP contribution in [0.2, 0.25) is 0 Å². The molecule has 2 aromatic heterocycles. The molecule has 0 N–H and O–H groups in total. The molecule has 1 aliphatic heterocycles. The average molecular weight is 315 g/mol. The van der Waals surface area contributed by atoms with E-state index < -0.39 is 0 Å². The third-order valence-corrected chi connectivity index (χ3v) is 4.59. The first-order chi connectivity index (χ1) is 11.3. The van der Waals surface area contributed by atoms with Crippen LogP contribution >= 0.6 is 0 Å². The predicted molar refractivity (Wildman–Crippen MR) is 85.8 cm³/mol. The highest BCUT2D eigenvalue weighted by molar-refractivity contribution is 5.45. The van der Waals surface area contributed by atoms with Gasteiger partial charge in [0, 0.05) is 31.2 Å². The van der Waals surface area contributed by atoms with E-state index in [9.17, 15) is 0 Å². The zero-order chi connectivity index (χ0) is 15.6. The first-order valence-electron chi connectivity index (χ1n) is 8.14. The molecule has 0 spiro atoms. The zero-order valence-corrected chi connectivity index (χ0v) is 13.3. The maximum atomic E-state index is 5.41. The Morgan fingerprint density at radius 1 is 1.13 bits per heavy atom. The highest BCUT2D eigenvalue weighted by atomic mass is 16.5. The lowest BCUT2D eigenvalue weighted by Gasteiger charge is -2.39. The van der Waals surface area contributed by atoms with Crippen molar-refractivity contribution in [3.8, 4) is 5.88 Å². The lowest BCUT2D eigenvalue weighted by molar-refractivity contribution is 0.395. The van der Waals surface area contributed by atoms with Gasteiger partial charge in [0.15, 0.2) is 0 Å². The number of ether oxygens (including phenoxy) is 1. The van der Waals surface area contributed by atoms with Gasteiger partial charge in [0.05, 0.1) is 13.3 Å². The Labute approximate surface area is 135 Å².